The lowest BCUT2D eigenvalue weighted by Gasteiger charge is -2.36. The van der Waals surface area contributed by atoms with E-state index in [-0.39, 0.29) is 0 Å². The van der Waals surface area contributed by atoms with E-state index in [4.69, 9.17) is 0 Å². The van der Waals surface area contributed by atoms with Crippen molar-refractivity contribution in [3.8, 4) is 0 Å². The fourth-order valence-electron chi connectivity index (χ4n) is 2.31. The van der Waals surface area contributed by atoms with Crippen molar-refractivity contribution in [2.75, 3.05) is 6.54 Å². The SMILES string of the molecule is C[C@@H]1[C@H](C)CCC[C@@H]1NCC(C)(C)C. The maximum atomic E-state index is 3.74. The third-order valence-corrected chi connectivity index (χ3v) is 3.60. The highest BCUT2D eigenvalue weighted by Gasteiger charge is 2.27. The Bertz CT molecular complexity index is 169. The van der Waals surface area contributed by atoms with Crippen molar-refractivity contribution < 1.29 is 0 Å². The number of nitrogens with one attached hydrogen (secondary N) is 1. The van der Waals surface area contributed by atoms with Gasteiger partial charge in [0.15, 0.2) is 0 Å². The highest BCUT2D eigenvalue weighted by molar-refractivity contribution is 4.83. The molecule has 3 atom stereocenters. The highest BCUT2D eigenvalue weighted by atomic mass is 14.9. The van der Waals surface area contributed by atoms with Crippen LogP contribution in [0.2, 0.25) is 0 Å². The number of rotatable bonds is 2. The van der Waals surface area contributed by atoms with E-state index in [0.29, 0.717) is 5.41 Å². The quantitative estimate of drug-likeness (QED) is 0.715. The molecule has 0 heterocycles. The molecular weight excluding hydrogens is 170 g/mol. The molecule has 1 aliphatic carbocycles. The van der Waals surface area contributed by atoms with Gasteiger partial charge in [-0.05, 0) is 23.7 Å². The van der Waals surface area contributed by atoms with Gasteiger partial charge in [0.05, 0.1) is 0 Å². The minimum absolute atomic E-state index is 0.417. The van der Waals surface area contributed by atoms with Crippen molar-refractivity contribution in [2.45, 2.75) is 59.9 Å². The molecule has 0 aliphatic heterocycles. The molecule has 0 bridgehead atoms. The summed E-state index contributed by atoms with van der Waals surface area (Å²) in [7, 11) is 0. The molecule has 0 saturated heterocycles. The van der Waals surface area contributed by atoms with Gasteiger partial charge in [0, 0.05) is 12.6 Å². The van der Waals surface area contributed by atoms with Gasteiger partial charge in [-0.3, -0.25) is 0 Å². The van der Waals surface area contributed by atoms with Gasteiger partial charge in [0.25, 0.3) is 0 Å². The summed E-state index contributed by atoms with van der Waals surface area (Å²) >= 11 is 0. The molecule has 14 heavy (non-hydrogen) atoms. The van der Waals surface area contributed by atoms with Crippen LogP contribution in [0.3, 0.4) is 0 Å². The Labute approximate surface area is 89.7 Å². The second-order valence-corrected chi connectivity index (χ2v) is 6.32. The monoisotopic (exact) mass is 197 g/mol. The number of hydrogen-bond acceptors (Lipinski definition) is 1. The van der Waals surface area contributed by atoms with Gasteiger partial charge in [-0.2, -0.15) is 0 Å². The summed E-state index contributed by atoms with van der Waals surface area (Å²) in [5.41, 5.74) is 0.417. The molecule has 1 aliphatic rings. The van der Waals surface area contributed by atoms with Crippen molar-refractivity contribution in [1.82, 2.24) is 5.32 Å². The number of hydrogen-bond donors (Lipinski definition) is 1. The Morgan fingerprint density at radius 2 is 1.79 bits per heavy atom. The summed E-state index contributed by atoms with van der Waals surface area (Å²) in [5.74, 6) is 1.76. The van der Waals surface area contributed by atoms with Crippen molar-refractivity contribution in [2.24, 2.45) is 17.3 Å². The van der Waals surface area contributed by atoms with E-state index in [0.717, 1.165) is 24.4 Å². The summed E-state index contributed by atoms with van der Waals surface area (Å²) in [6, 6.07) is 0.762. The zero-order valence-electron chi connectivity index (χ0n) is 10.6. The molecule has 1 heteroatoms. The van der Waals surface area contributed by atoms with Crippen LogP contribution in [0.5, 0.6) is 0 Å². The summed E-state index contributed by atoms with van der Waals surface area (Å²) in [6.45, 7) is 12.9. The van der Waals surface area contributed by atoms with Crippen LogP contribution in [0.15, 0.2) is 0 Å². The molecule has 1 nitrogen and oxygen atoms in total. The smallest absolute Gasteiger partial charge is 0.00954 e. The lowest BCUT2D eigenvalue weighted by molar-refractivity contribution is 0.192. The minimum Gasteiger partial charge on any atom is -0.313 e. The molecule has 1 N–H and O–H groups in total. The fourth-order valence-corrected chi connectivity index (χ4v) is 2.31. The fraction of sp³-hybridized carbons (Fsp3) is 1.00. The van der Waals surface area contributed by atoms with E-state index >= 15 is 0 Å². The first-order chi connectivity index (χ1) is 6.40. The maximum Gasteiger partial charge on any atom is 0.00954 e. The van der Waals surface area contributed by atoms with Gasteiger partial charge in [-0.15, -0.1) is 0 Å². The Hall–Kier alpha value is -0.0400. The standard InChI is InChI=1S/C13H27N/c1-10-7-6-8-12(11(10)2)14-9-13(3,4)5/h10-12,14H,6-9H2,1-5H3/t10-,11-,12+/m1/s1. The highest BCUT2D eigenvalue weighted by Crippen LogP contribution is 2.29. The predicted molar refractivity (Wildman–Crippen MR) is 63.4 cm³/mol. The molecule has 1 rings (SSSR count). The van der Waals surface area contributed by atoms with E-state index < -0.39 is 0 Å². The van der Waals surface area contributed by atoms with Crippen LogP contribution in [0.4, 0.5) is 0 Å². The van der Waals surface area contributed by atoms with E-state index in [9.17, 15) is 0 Å². The molecule has 1 saturated carbocycles. The summed E-state index contributed by atoms with van der Waals surface area (Å²) in [5, 5.41) is 3.74. The third kappa shape index (κ3) is 3.61. The van der Waals surface area contributed by atoms with Crippen molar-refractivity contribution in [3.05, 3.63) is 0 Å². The van der Waals surface area contributed by atoms with Crippen LogP contribution in [0, 0.1) is 17.3 Å². The lowest BCUT2D eigenvalue weighted by Crippen LogP contribution is -2.43. The zero-order valence-corrected chi connectivity index (χ0v) is 10.6. The topological polar surface area (TPSA) is 12.0 Å². The van der Waals surface area contributed by atoms with Gasteiger partial charge in [-0.1, -0.05) is 47.5 Å². The molecule has 0 aromatic heterocycles. The molecule has 0 amide bonds. The van der Waals surface area contributed by atoms with Crippen LogP contribution in [0.25, 0.3) is 0 Å². The molecule has 1 fully saturated rings. The largest absolute Gasteiger partial charge is 0.313 e. The van der Waals surface area contributed by atoms with Gasteiger partial charge < -0.3 is 5.32 Å². The molecule has 0 aromatic rings. The van der Waals surface area contributed by atoms with Crippen LogP contribution in [-0.4, -0.2) is 12.6 Å². The van der Waals surface area contributed by atoms with Crippen LogP contribution < -0.4 is 5.32 Å². The normalized spacial score (nSPS) is 34.5. The zero-order chi connectivity index (χ0) is 10.8. The first-order valence-electron chi connectivity index (χ1n) is 6.13. The minimum atomic E-state index is 0.417. The first kappa shape index (κ1) is 12.0. The summed E-state index contributed by atoms with van der Waals surface area (Å²) in [4.78, 5) is 0. The molecule has 0 aromatic carbocycles. The first-order valence-corrected chi connectivity index (χ1v) is 6.13. The van der Waals surface area contributed by atoms with E-state index in [1.807, 2.05) is 0 Å². The van der Waals surface area contributed by atoms with Gasteiger partial charge >= 0.3 is 0 Å². The van der Waals surface area contributed by atoms with Crippen LogP contribution in [0.1, 0.15) is 53.9 Å². The Morgan fingerprint density at radius 1 is 1.14 bits per heavy atom. The van der Waals surface area contributed by atoms with Crippen LogP contribution in [-0.2, 0) is 0 Å². The second kappa shape index (κ2) is 4.65. The Morgan fingerprint density at radius 3 is 2.36 bits per heavy atom. The van der Waals surface area contributed by atoms with Gasteiger partial charge in [0.2, 0.25) is 0 Å². The van der Waals surface area contributed by atoms with Crippen molar-refractivity contribution in [3.63, 3.8) is 0 Å². The Kier molecular flexibility index (Phi) is 4.00. The predicted octanol–water partition coefficient (Wildman–Crippen LogP) is 3.45. The van der Waals surface area contributed by atoms with E-state index in [1.165, 1.54) is 19.3 Å². The second-order valence-electron chi connectivity index (χ2n) is 6.32. The molecular formula is C13H27N. The lowest BCUT2D eigenvalue weighted by atomic mass is 9.77. The molecule has 84 valence electrons. The van der Waals surface area contributed by atoms with E-state index in [2.05, 4.69) is 39.9 Å². The van der Waals surface area contributed by atoms with Gasteiger partial charge in [-0.25, -0.2) is 0 Å². The molecule has 0 radical (unpaired) electrons. The maximum absolute atomic E-state index is 3.74. The average Bonchev–Trinajstić information content (AvgIpc) is 2.06. The van der Waals surface area contributed by atoms with E-state index in [1.54, 1.807) is 0 Å². The molecule has 0 unspecified atom stereocenters. The third-order valence-electron chi connectivity index (χ3n) is 3.60. The van der Waals surface area contributed by atoms with Crippen LogP contribution >= 0.6 is 0 Å². The average molecular weight is 197 g/mol. The van der Waals surface area contributed by atoms with Crippen molar-refractivity contribution >= 4 is 0 Å². The summed E-state index contributed by atoms with van der Waals surface area (Å²) in [6.07, 6.45) is 4.21. The Balaban J connectivity index is 2.36. The van der Waals surface area contributed by atoms with Crippen molar-refractivity contribution in [1.29, 1.82) is 0 Å². The molecule has 0 spiro atoms. The van der Waals surface area contributed by atoms with Gasteiger partial charge in [0.1, 0.15) is 0 Å². The summed E-state index contributed by atoms with van der Waals surface area (Å²) < 4.78 is 0.